The van der Waals surface area contributed by atoms with Crippen LogP contribution in [0.25, 0.3) is 21.9 Å². The number of fused-ring (bicyclic) bond motifs is 1. The standard InChI is InChI=1S/C21H21N3O/c22-20-11-17-8-7-16(10-19(17)13-23-20)15-5-2-6-18(9-15)21(25)24-12-14-3-1-4-14/h2,5-11,13-14H,1,3-4,12H2,(H2,22,23)(H,24,25). The van der Waals surface area contributed by atoms with Crippen molar-refractivity contribution >= 4 is 22.5 Å². The van der Waals surface area contributed by atoms with E-state index in [0.717, 1.165) is 28.4 Å². The van der Waals surface area contributed by atoms with Gasteiger partial charge in [-0.25, -0.2) is 4.98 Å². The number of nitrogens with zero attached hydrogens (tertiary/aromatic N) is 1. The van der Waals surface area contributed by atoms with Gasteiger partial charge in [-0.2, -0.15) is 0 Å². The molecule has 1 heterocycles. The summed E-state index contributed by atoms with van der Waals surface area (Å²) in [5.74, 6) is 1.18. The van der Waals surface area contributed by atoms with E-state index in [1.807, 2.05) is 42.5 Å². The molecule has 0 bridgehead atoms. The summed E-state index contributed by atoms with van der Waals surface area (Å²) in [5, 5.41) is 5.15. The number of rotatable bonds is 4. The molecule has 1 amide bonds. The fourth-order valence-electron chi connectivity index (χ4n) is 3.21. The Kier molecular flexibility index (Phi) is 4.10. The van der Waals surface area contributed by atoms with E-state index in [2.05, 4.69) is 16.4 Å². The smallest absolute Gasteiger partial charge is 0.251 e. The van der Waals surface area contributed by atoms with Gasteiger partial charge in [0.05, 0.1) is 0 Å². The molecule has 0 radical (unpaired) electrons. The molecule has 0 atom stereocenters. The molecule has 4 nitrogen and oxygen atoms in total. The van der Waals surface area contributed by atoms with E-state index >= 15 is 0 Å². The van der Waals surface area contributed by atoms with Crippen molar-refractivity contribution in [3.05, 3.63) is 60.3 Å². The molecular weight excluding hydrogens is 310 g/mol. The Hall–Kier alpha value is -2.88. The lowest BCUT2D eigenvalue weighted by molar-refractivity contribution is 0.0939. The van der Waals surface area contributed by atoms with Gasteiger partial charge in [-0.05, 0) is 59.5 Å². The fraction of sp³-hybridized carbons (Fsp3) is 0.238. The van der Waals surface area contributed by atoms with E-state index in [1.165, 1.54) is 19.3 Å². The number of nitrogen functional groups attached to an aromatic ring is 1. The zero-order valence-corrected chi connectivity index (χ0v) is 14.0. The minimum atomic E-state index is 0.00368. The topological polar surface area (TPSA) is 68.0 Å². The first kappa shape index (κ1) is 15.6. The van der Waals surface area contributed by atoms with E-state index in [9.17, 15) is 4.79 Å². The van der Waals surface area contributed by atoms with Gasteiger partial charge in [0, 0.05) is 23.7 Å². The second-order valence-electron chi connectivity index (χ2n) is 6.76. The lowest BCUT2D eigenvalue weighted by Crippen LogP contribution is -2.32. The number of carbonyl (C=O) groups excluding carboxylic acids is 1. The molecule has 1 aliphatic carbocycles. The summed E-state index contributed by atoms with van der Waals surface area (Å²) >= 11 is 0. The zero-order valence-electron chi connectivity index (χ0n) is 14.0. The van der Waals surface area contributed by atoms with Gasteiger partial charge in [-0.1, -0.05) is 30.7 Å². The maximum absolute atomic E-state index is 12.4. The van der Waals surface area contributed by atoms with E-state index in [0.29, 0.717) is 17.3 Å². The van der Waals surface area contributed by atoms with Crippen molar-refractivity contribution in [2.24, 2.45) is 5.92 Å². The van der Waals surface area contributed by atoms with Gasteiger partial charge in [0.15, 0.2) is 0 Å². The summed E-state index contributed by atoms with van der Waals surface area (Å²) in [5.41, 5.74) is 8.52. The average Bonchev–Trinajstić information content (AvgIpc) is 2.60. The van der Waals surface area contributed by atoms with Gasteiger partial charge < -0.3 is 11.1 Å². The van der Waals surface area contributed by atoms with Crippen LogP contribution in [0.4, 0.5) is 5.82 Å². The van der Waals surface area contributed by atoms with Crippen molar-refractivity contribution in [2.45, 2.75) is 19.3 Å². The molecule has 0 unspecified atom stereocenters. The molecule has 1 saturated carbocycles. The summed E-state index contributed by atoms with van der Waals surface area (Å²) in [6, 6.07) is 15.8. The van der Waals surface area contributed by atoms with Gasteiger partial charge in [0.1, 0.15) is 5.82 Å². The minimum Gasteiger partial charge on any atom is -0.384 e. The van der Waals surface area contributed by atoms with Crippen molar-refractivity contribution in [3.8, 4) is 11.1 Å². The monoisotopic (exact) mass is 331 g/mol. The van der Waals surface area contributed by atoms with E-state index < -0.39 is 0 Å². The van der Waals surface area contributed by atoms with Crippen LogP contribution in [0.1, 0.15) is 29.6 Å². The second kappa shape index (κ2) is 6.55. The SMILES string of the molecule is Nc1cc2ccc(-c3cccc(C(=O)NCC4CCC4)c3)cc2cn1. The number of anilines is 1. The van der Waals surface area contributed by atoms with Crippen molar-refractivity contribution < 1.29 is 4.79 Å². The summed E-state index contributed by atoms with van der Waals surface area (Å²) in [6.45, 7) is 0.784. The molecule has 4 heteroatoms. The maximum atomic E-state index is 12.4. The molecule has 3 N–H and O–H groups in total. The summed E-state index contributed by atoms with van der Waals surface area (Å²) in [4.78, 5) is 16.5. The van der Waals surface area contributed by atoms with Crippen LogP contribution < -0.4 is 11.1 Å². The normalized spacial score (nSPS) is 14.2. The quantitative estimate of drug-likeness (QED) is 0.759. The third-order valence-electron chi connectivity index (χ3n) is 4.98. The molecule has 0 spiro atoms. The maximum Gasteiger partial charge on any atom is 0.251 e. The number of hydrogen-bond donors (Lipinski definition) is 2. The lowest BCUT2D eigenvalue weighted by atomic mass is 9.85. The van der Waals surface area contributed by atoms with Crippen molar-refractivity contribution in [3.63, 3.8) is 0 Å². The second-order valence-corrected chi connectivity index (χ2v) is 6.76. The van der Waals surface area contributed by atoms with E-state index in [1.54, 1.807) is 6.20 Å². The van der Waals surface area contributed by atoms with Gasteiger partial charge in [-0.15, -0.1) is 0 Å². The Morgan fingerprint density at radius 2 is 1.92 bits per heavy atom. The first-order valence-corrected chi connectivity index (χ1v) is 8.73. The highest BCUT2D eigenvalue weighted by Gasteiger charge is 2.18. The minimum absolute atomic E-state index is 0.00368. The van der Waals surface area contributed by atoms with Gasteiger partial charge >= 0.3 is 0 Å². The Morgan fingerprint density at radius 1 is 1.08 bits per heavy atom. The zero-order chi connectivity index (χ0) is 17.2. The third-order valence-corrected chi connectivity index (χ3v) is 4.98. The van der Waals surface area contributed by atoms with Crippen LogP contribution in [0.5, 0.6) is 0 Å². The molecule has 4 rings (SSSR count). The average molecular weight is 331 g/mol. The summed E-state index contributed by atoms with van der Waals surface area (Å²) in [6.07, 6.45) is 5.54. The third kappa shape index (κ3) is 3.33. The van der Waals surface area contributed by atoms with Gasteiger partial charge in [0.2, 0.25) is 0 Å². The molecule has 2 aromatic carbocycles. The molecule has 1 aliphatic rings. The molecular formula is C21H21N3O. The van der Waals surface area contributed by atoms with Crippen LogP contribution in [-0.2, 0) is 0 Å². The number of benzene rings is 2. The molecule has 3 aromatic rings. The Bertz CT molecular complexity index is 931. The van der Waals surface area contributed by atoms with Crippen LogP contribution >= 0.6 is 0 Å². The number of carbonyl (C=O) groups is 1. The fourth-order valence-corrected chi connectivity index (χ4v) is 3.21. The molecule has 25 heavy (non-hydrogen) atoms. The molecule has 0 aliphatic heterocycles. The number of hydrogen-bond acceptors (Lipinski definition) is 3. The molecule has 0 saturated heterocycles. The van der Waals surface area contributed by atoms with Crippen LogP contribution in [-0.4, -0.2) is 17.4 Å². The Labute approximate surface area is 147 Å². The van der Waals surface area contributed by atoms with Crippen molar-refractivity contribution in [1.29, 1.82) is 0 Å². The van der Waals surface area contributed by atoms with Gasteiger partial charge in [0.25, 0.3) is 5.91 Å². The number of nitrogens with two attached hydrogens (primary N) is 1. The number of pyridine rings is 1. The molecule has 1 fully saturated rings. The van der Waals surface area contributed by atoms with Crippen molar-refractivity contribution in [1.82, 2.24) is 10.3 Å². The number of amides is 1. The predicted molar refractivity (Wildman–Crippen MR) is 101 cm³/mol. The highest BCUT2D eigenvalue weighted by molar-refractivity contribution is 5.96. The molecule has 1 aromatic heterocycles. The number of aromatic nitrogens is 1. The van der Waals surface area contributed by atoms with E-state index in [4.69, 9.17) is 5.73 Å². The van der Waals surface area contributed by atoms with Crippen LogP contribution in [0.15, 0.2) is 54.7 Å². The highest BCUT2D eigenvalue weighted by atomic mass is 16.1. The number of nitrogens with one attached hydrogen (secondary N) is 1. The molecule has 126 valence electrons. The van der Waals surface area contributed by atoms with Crippen LogP contribution in [0.2, 0.25) is 0 Å². The van der Waals surface area contributed by atoms with Gasteiger partial charge in [-0.3, -0.25) is 4.79 Å². The van der Waals surface area contributed by atoms with Crippen molar-refractivity contribution in [2.75, 3.05) is 12.3 Å². The Morgan fingerprint density at radius 3 is 2.72 bits per heavy atom. The van der Waals surface area contributed by atoms with Crippen LogP contribution in [0, 0.1) is 5.92 Å². The summed E-state index contributed by atoms with van der Waals surface area (Å²) < 4.78 is 0. The predicted octanol–water partition coefficient (Wildman–Crippen LogP) is 4.01. The first-order chi connectivity index (χ1) is 12.2. The van der Waals surface area contributed by atoms with Crippen LogP contribution in [0.3, 0.4) is 0 Å². The highest BCUT2D eigenvalue weighted by Crippen LogP contribution is 2.27. The van der Waals surface area contributed by atoms with E-state index in [-0.39, 0.29) is 5.91 Å². The first-order valence-electron chi connectivity index (χ1n) is 8.73. The summed E-state index contributed by atoms with van der Waals surface area (Å²) in [7, 11) is 0. The largest absolute Gasteiger partial charge is 0.384 e. The lowest BCUT2D eigenvalue weighted by Gasteiger charge is -2.25. The Balaban J connectivity index is 1.57.